The topological polar surface area (TPSA) is 35.8 Å². The minimum absolute atomic E-state index is 0.274. The molecule has 1 fully saturated rings. The van der Waals surface area contributed by atoms with Gasteiger partial charge in [0.25, 0.3) is 0 Å². The van der Waals surface area contributed by atoms with Gasteiger partial charge in [0.1, 0.15) is 5.54 Å². The first kappa shape index (κ1) is 10.7. The average Bonchev–Trinajstić information content (AvgIpc) is 2.85. The lowest BCUT2D eigenvalue weighted by Gasteiger charge is -2.27. The molecule has 1 heterocycles. The molecule has 1 aromatic rings. The smallest absolute Gasteiger partial charge is 0.109 e. The Morgan fingerprint density at radius 1 is 1.73 bits per heavy atom. The Kier molecular flexibility index (Phi) is 3.08. The van der Waals surface area contributed by atoms with Crippen LogP contribution in [0.15, 0.2) is 17.5 Å². The molecule has 1 N–H and O–H groups in total. The highest BCUT2D eigenvalue weighted by Gasteiger charge is 2.39. The molecule has 1 saturated carbocycles. The van der Waals surface area contributed by atoms with Gasteiger partial charge in [0.05, 0.1) is 6.07 Å². The Balaban J connectivity index is 2.00. The molecule has 0 aromatic carbocycles. The number of thiophene rings is 1. The van der Waals surface area contributed by atoms with Gasteiger partial charge in [0.2, 0.25) is 0 Å². The standard InChI is InChI=1S/C12H16N2S/c1-10-4-2-6-12(10,9-13)14-8-11-5-3-7-15-11/h3,5,7,10,14H,2,4,6,8H2,1H3. The van der Waals surface area contributed by atoms with Crippen LogP contribution in [0.4, 0.5) is 0 Å². The molecule has 2 atom stereocenters. The van der Waals surface area contributed by atoms with Gasteiger partial charge in [-0.25, -0.2) is 0 Å². The molecular formula is C12H16N2S. The predicted molar refractivity (Wildman–Crippen MR) is 62.5 cm³/mol. The van der Waals surface area contributed by atoms with Gasteiger partial charge in [-0.05, 0) is 30.2 Å². The second-order valence-corrected chi connectivity index (χ2v) is 5.34. The number of rotatable bonds is 3. The lowest BCUT2D eigenvalue weighted by molar-refractivity contribution is 0.336. The Labute approximate surface area is 94.9 Å². The summed E-state index contributed by atoms with van der Waals surface area (Å²) in [6, 6.07) is 6.65. The molecule has 1 aromatic heterocycles. The minimum Gasteiger partial charge on any atom is -0.294 e. The number of hydrogen-bond acceptors (Lipinski definition) is 3. The van der Waals surface area contributed by atoms with E-state index in [4.69, 9.17) is 0 Å². The first-order valence-corrected chi connectivity index (χ1v) is 6.33. The van der Waals surface area contributed by atoms with Crippen LogP contribution in [-0.4, -0.2) is 5.54 Å². The van der Waals surface area contributed by atoms with Crippen molar-refractivity contribution in [2.75, 3.05) is 0 Å². The fourth-order valence-corrected chi connectivity index (χ4v) is 2.95. The van der Waals surface area contributed by atoms with E-state index in [1.54, 1.807) is 11.3 Å². The molecule has 2 rings (SSSR count). The molecule has 0 amide bonds. The maximum absolute atomic E-state index is 9.31. The number of nitriles is 1. The third kappa shape index (κ3) is 2.06. The SMILES string of the molecule is CC1CCCC1(C#N)NCc1cccs1. The zero-order valence-corrected chi connectivity index (χ0v) is 9.81. The Hall–Kier alpha value is -0.850. The fourth-order valence-electron chi connectivity index (χ4n) is 2.31. The molecule has 1 aliphatic carbocycles. The predicted octanol–water partition coefficient (Wildman–Crippen LogP) is 2.92. The molecule has 0 bridgehead atoms. The monoisotopic (exact) mass is 220 g/mol. The summed E-state index contributed by atoms with van der Waals surface area (Å²) in [6.45, 7) is 3.01. The van der Waals surface area contributed by atoms with Crippen molar-refractivity contribution in [2.24, 2.45) is 5.92 Å². The molecule has 0 saturated heterocycles. The second-order valence-electron chi connectivity index (χ2n) is 4.31. The van der Waals surface area contributed by atoms with E-state index in [1.165, 1.54) is 17.7 Å². The molecule has 0 spiro atoms. The molecule has 0 radical (unpaired) electrons. The van der Waals surface area contributed by atoms with E-state index < -0.39 is 0 Å². The van der Waals surface area contributed by atoms with Crippen LogP contribution in [0.1, 0.15) is 31.1 Å². The molecule has 80 valence electrons. The van der Waals surface area contributed by atoms with Crippen LogP contribution >= 0.6 is 11.3 Å². The van der Waals surface area contributed by atoms with Crippen LogP contribution in [0.3, 0.4) is 0 Å². The molecule has 0 aliphatic heterocycles. The van der Waals surface area contributed by atoms with Crippen LogP contribution < -0.4 is 5.32 Å². The lowest BCUT2D eigenvalue weighted by Crippen LogP contribution is -2.45. The van der Waals surface area contributed by atoms with Gasteiger partial charge >= 0.3 is 0 Å². The van der Waals surface area contributed by atoms with Crippen molar-refractivity contribution < 1.29 is 0 Å². The van der Waals surface area contributed by atoms with E-state index in [2.05, 4.69) is 35.8 Å². The highest BCUT2D eigenvalue weighted by atomic mass is 32.1. The normalized spacial score (nSPS) is 30.3. The summed E-state index contributed by atoms with van der Waals surface area (Å²) in [5, 5.41) is 14.8. The van der Waals surface area contributed by atoms with E-state index in [0.29, 0.717) is 5.92 Å². The maximum Gasteiger partial charge on any atom is 0.109 e. The Bertz CT molecular complexity index is 352. The van der Waals surface area contributed by atoms with Crippen molar-refractivity contribution in [1.82, 2.24) is 5.32 Å². The molecule has 3 heteroatoms. The van der Waals surface area contributed by atoms with Crippen molar-refractivity contribution >= 4 is 11.3 Å². The zero-order chi connectivity index (χ0) is 10.7. The van der Waals surface area contributed by atoms with E-state index in [0.717, 1.165) is 13.0 Å². The van der Waals surface area contributed by atoms with Gasteiger partial charge in [-0.2, -0.15) is 5.26 Å². The Morgan fingerprint density at radius 2 is 2.60 bits per heavy atom. The fraction of sp³-hybridized carbons (Fsp3) is 0.583. The quantitative estimate of drug-likeness (QED) is 0.850. The van der Waals surface area contributed by atoms with Crippen LogP contribution in [0.25, 0.3) is 0 Å². The highest BCUT2D eigenvalue weighted by molar-refractivity contribution is 7.09. The van der Waals surface area contributed by atoms with Crippen LogP contribution in [-0.2, 0) is 6.54 Å². The summed E-state index contributed by atoms with van der Waals surface area (Å²) in [5.74, 6) is 0.475. The van der Waals surface area contributed by atoms with Crippen molar-refractivity contribution in [2.45, 2.75) is 38.3 Å². The largest absolute Gasteiger partial charge is 0.294 e. The molecule has 2 nitrogen and oxygen atoms in total. The van der Waals surface area contributed by atoms with E-state index >= 15 is 0 Å². The van der Waals surface area contributed by atoms with Gasteiger partial charge in [0, 0.05) is 11.4 Å². The molecular weight excluding hydrogens is 204 g/mol. The van der Waals surface area contributed by atoms with Gasteiger partial charge < -0.3 is 0 Å². The maximum atomic E-state index is 9.31. The van der Waals surface area contributed by atoms with E-state index in [-0.39, 0.29) is 5.54 Å². The van der Waals surface area contributed by atoms with E-state index in [1.807, 2.05) is 0 Å². The first-order valence-electron chi connectivity index (χ1n) is 5.45. The summed E-state index contributed by atoms with van der Waals surface area (Å²) in [6.07, 6.45) is 3.34. The summed E-state index contributed by atoms with van der Waals surface area (Å²) in [7, 11) is 0. The molecule has 1 aliphatic rings. The number of nitrogens with one attached hydrogen (secondary N) is 1. The summed E-state index contributed by atoms with van der Waals surface area (Å²) in [5.41, 5.74) is -0.274. The third-order valence-corrected chi connectivity index (χ3v) is 4.28. The minimum atomic E-state index is -0.274. The molecule has 15 heavy (non-hydrogen) atoms. The van der Waals surface area contributed by atoms with Crippen molar-refractivity contribution in [3.63, 3.8) is 0 Å². The molecule has 2 unspecified atom stereocenters. The Morgan fingerprint density at radius 3 is 3.13 bits per heavy atom. The van der Waals surface area contributed by atoms with Gasteiger partial charge in [-0.15, -0.1) is 11.3 Å². The van der Waals surface area contributed by atoms with Crippen molar-refractivity contribution in [1.29, 1.82) is 5.26 Å². The lowest BCUT2D eigenvalue weighted by atomic mass is 9.90. The zero-order valence-electron chi connectivity index (χ0n) is 8.99. The van der Waals surface area contributed by atoms with Crippen molar-refractivity contribution in [3.05, 3.63) is 22.4 Å². The van der Waals surface area contributed by atoms with Gasteiger partial charge in [0.15, 0.2) is 0 Å². The third-order valence-electron chi connectivity index (χ3n) is 3.41. The average molecular weight is 220 g/mol. The first-order chi connectivity index (χ1) is 7.27. The summed E-state index contributed by atoms with van der Waals surface area (Å²) >= 11 is 1.74. The number of nitrogens with zero attached hydrogens (tertiary/aromatic N) is 1. The van der Waals surface area contributed by atoms with E-state index in [9.17, 15) is 5.26 Å². The van der Waals surface area contributed by atoms with Crippen LogP contribution in [0.2, 0.25) is 0 Å². The number of hydrogen-bond donors (Lipinski definition) is 1. The second kappa shape index (κ2) is 4.34. The van der Waals surface area contributed by atoms with Crippen LogP contribution in [0, 0.1) is 17.2 Å². The van der Waals surface area contributed by atoms with Gasteiger partial charge in [-0.1, -0.05) is 19.4 Å². The summed E-state index contributed by atoms with van der Waals surface area (Å²) < 4.78 is 0. The highest BCUT2D eigenvalue weighted by Crippen LogP contribution is 2.35. The summed E-state index contributed by atoms with van der Waals surface area (Å²) in [4.78, 5) is 1.31. The van der Waals surface area contributed by atoms with Gasteiger partial charge in [-0.3, -0.25) is 5.32 Å². The van der Waals surface area contributed by atoms with Crippen molar-refractivity contribution in [3.8, 4) is 6.07 Å². The van der Waals surface area contributed by atoms with Crippen LogP contribution in [0.5, 0.6) is 0 Å².